The van der Waals surface area contributed by atoms with Crippen LogP contribution < -0.4 is 0 Å². The highest BCUT2D eigenvalue weighted by atomic mass is 16.4. The van der Waals surface area contributed by atoms with Crippen molar-refractivity contribution in [1.82, 2.24) is 4.90 Å². The molecule has 1 amide bonds. The van der Waals surface area contributed by atoms with E-state index < -0.39 is 18.0 Å². The molecule has 0 aromatic heterocycles. The van der Waals surface area contributed by atoms with Gasteiger partial charge in [0, 0.05) is 13.1 Å². The Kier molecular flexibility index (Phi) is 6.29. The van der Waals surface area contributed by atoms with Crippen molar-refractivity contribution < 1.29 is 19.8 Å². The molecule has 1 aromatic carbocycles. The zero-order valence-electron chi connectivity index (χ0n) is 11.2. The topological polar surface area (TPSA) is 77.8 Å². The van der Waals surface area contributed by atoms with Gasteiger partial charge in [0.2, 0.25) is 0 Å². The zero-order chi connectivity index (χ0) is 15.0. The van der Waals surface area contributed by atoms with Crippen LogP contribution in [0.5, 0.6) is 0 Å². The van der Waals surface area contributed by atoms with E-state index in [9.17, 15) is 14.7 Å². The lowest BCUT2D eigenvalue weighted by Gasteiger charge is -2.21. The van der Waals surface area contributed by atoms with Crippen LogP contribution in [0.1, 0.15) is 18.4 Å². The van der Waals surface area contributed by atoms with Crippen LogP contribution in [0.3, 0.4) is 0 Å². The molecule has 2 N–H and O–H groups in total. The number of hydrogen-bond donors (Lipinski definition) is 2. The summed E-state index contributed by atoms with van der Waals surface area (Å²) in [5, 5.41) is 18.2. The minimum atomic E-state index is -1.04. The number of rotatable bonds is 8. The lowest BCUT2D eigenvalue weighted by Crippen LogP contribution is -2.32. The molecule has 0 spiro atoms. The van der Waals surface area contributed by atoms with E-state index in [0.717, 1.165) is 5.56 Å². The summed E-state index contributed by atoms with van der Waals surface area (Å²) in [4.78, 5) is 23.4. The van der Waals surface area contributed by atoms with Crippen molar-refractivity contribution in [3.8, 4) is 0 Å². The van der Waals surface area contributed by atoms with Crippen LogP contribution in [0.4, 0.5) is 4.79 Å². The normalized spacial score (nSPS) is 11.6. The van der Waals surface area contributed by atoms with Gasteiger partial charge >= 0.3 is 12.1 Å². The van der Waals surface area contributed by atoms with Gasteiger partial charge in [0.25, 0.3) is 0 Å². The van der Waals surface area contributed by atoms with Crippen molar-refractivity contribution in [1.29, 1.82) is 0 Å². The van der Waals surface area contributed by atoms with Gasteiger partial charge in [-0.15, -0.1) is 6.58 Å². The molecular weight excluding hydrogens is 258 g/mol. The predicted molar refractivity (Wildman–Crippen MR) is 75.4 cm³/mol. The van der Waals surface area contributed by atoms with Crippen LogP contribution in [0.15, 0.2) is 43.0 Å². The first-order chi connectivity index (χ1) is 9.54. The van der Waals surface area contributed by atoms with E-state index in [0.29, 0.717) is 6.42 Å². The van der Waals surface area contributed by atoms with Gasteiger partial charge in [-0.1, -0.05) is 36.4 Å². The SMILES string of the molecule is C=CCC(CCN(Cc1ccccc1)C(=O)O)C(=O)O. The molecule has 1 atom stereocenters. The molecule has 0 fully saturated rings. The van der Waals surface area contributed by atoms with Gasteiger partial charge in [-0.2, -0.15) is 0 Å². The number of allylic oxidation sites excluding steroid dienone is 1. The molecule has 5 heteroatoms. The second kappa shape index (κ2) is 7.99. The summed E-state index contributed by atoms with van der Waals surface area (Å²) in [5.74, 6) is -1.51. The van der Waals surface area contributed by atoms with Crippen LogP contribution in [-0.2, 0) is 11.3 Å². The molecule has 0 bridgehead atoms. The fourth-order valence-electron chi connectivity index (χ4n) is 1.90. The Labute approximate surface area is 118 Å². The number of amides is 1. The van der Waals surface area contributed by atoms with Crippen LogP contribution >= 0.6 is 0 Å². The number of carboxylic acid groups (broad SMARTS) is 2. The quantitative estimate of drug-likeness (QED) is 0.716. The van der Waals surface area contributed by atoms with Gasteiger partial charge in [0.1, 0.15) is 0 Å². The maximum absolute atomic E-state index is 11.2. The molecule has 0 aliphatic carbocycles. The van der Waals surface area contributed by atoms with Gasteiger partial charge in [-0.3, -0.25) is 4.79 Å². The van der Waals surface area contributed by atoms with E-state index in [1.165, 1.54) is 4.90 Å². The first-order valence-corrected chi connectivity index (χ1v) is 6.40. The summed E-state index contributed by atoms with van der Waals surface area (Å²) in [6.07, 6.45) is 1.12. The molecule has 5 nitrogen and oxygen atoms in total. The molecule has 0 heterocycles. The molecule has 1 rings (SSSR count). The molecule has 108 valence electrons. The fraction of sp³-hybridized carbons (Fsp3) is 0.333. The number of carbonyl (C=O) groups is 2. The summed E-state index contributed by atoms with van der Waals surface area (Å²) < 4.78 is 0. The minimum absolute atomic E-state index is 0.190. The summed E-state index contributed by atoms with van der Waals surface area (Å²) >= 11 is 0. The van der Waals surface area contributed by atoms with E-state index >= 15 is 0 Å². The van der Waals surface area contributed by atoms with Crippen molar-refractivity contribution in [3.63, 3.8) is 0 Å². The van der Waals surface area contributed by atoms with Crippen molar-refractivity contribution in [2.45, 2.75) is 19.4 Å². The summed E-state index contributed by atoms with van der Waals surface area (Å²) in [6.45, 7) is 3.97. The van der Waals surface area contributed by atoms with E-state index in [4.69, 9.17) is 5.11 Å². The molecule has 0 aliphatic heterocycles. The minimum Gasteiger partial charge on any atom is -0.481 e. The van der Waals surface area contributed by atoms with Crippen LogP contribution in [0.25, 0.3) is 0 Å². The highest BCUT2D eigenvalue weighted by Crippen LogP contribution is 2.13. The van der Waals surface area contributed by atoms with Crippen molar-refractivity contribution >= 4 is 12.1 Å². The lowest BCUT2D eigenvalue weighted by atomic mass is 10.0. The number of benzene rings is 1. The van der Waals surface area contributed by atoms with Crippen molar-refractivity contribution in [2.75, 3.05) is 6.54 Å². The number of aliphatic carboxylic acids is 1. The van der Waals surface area contributed by atoms with E-state index in [1.54, 1.807) is 6.08 Å². The highest BCUT2D eigenvalue weighted by molar-refractivity contribution is 5.70. The monoisotopic (exact) mass is 277 g/mol. The van der Waals surface area contributed by atoms with Gasteiger partial charge in [0.05, 0.1) is 5.92 Å². The summed E-state index contributed by atoms with van der Waals surface area (Å²) in [5.41, 5.74) is 0.880. The second-order valence-corrected chi connectivity index (χ2v) is 4.54. The van der Waals surface area contributed by atoms with E-state index in [-0.39, 0.29) is 19.5 Å². The predicted octanol–water partition coefficient (Wildman–Crippen LogP) is 2.83. The standard InChI is InChI=1S/C15H19NO4/c1-2-6-13(14(17)18)9-10-16(15(19)20)11-12-7-4-3-5-8-12/h2-5,7-8,13H,1,6,9-11H2,(H,17,18)(H,19,20). The molecular formula is C15H19NO4. The Morgan fingerprint density at radius 3 is 2.40 bits per heavy atom. The number of hydrogen-bond acceptors (Lipinski definition) is 2. The van der Waals surface area contributed by atoms with Gasteiger partial charge in [-0.25, -0.2) is 4.79 Å². The van der Waals surface area contributed by atoms with Crippen molar-refractivity contribution in [3.05, 3.63) is 48.6 Å². The highest BCUT2D eigenvalue weighted by Gasteiger charge is 2.19. The Morgan fingerprint density at radius 1 is 1.25 bits per heavy atom. The molecule has 1 aromatic rings. The molecule has 0 radical (unpaired) electrons. The smallest absolute Gasteiger partial charge is 0.407 e. The first kappa shape index (κ1) is 15.8. The van der Waals surface area contributed by atoms with Crippen molar-refractivity contribution in [2.24, 2.45) is 5.92 Å². The zero-order valence-corrected chi connectivity index (χ0v) is 11.2. The Balaban J connectivity index is 2.61. The average molecular weight is 277 g/mol. The second-order valence-electron chi connectivity index (χ2n) is 4.54. The third-order valence-electron chi connectivity index (χ3n) is 3.03. The third-order valence-corrected chi connectivity index (χ3v) is 3.03. The summed E-state index contributed by atoms with van der Waals surface area (Å²) in [7, 11) is 0. The Hall–Kier alpha value is -2.30. The number of nitrogens with zero attached hydrogens (tertiary/aromatic N) is 1. The average Bonchev–Trinajstić information content (AvgIpc) is 2.42. The largest absolute Gasteiger partial charge is 0.481 e. The van der Waals surface area contributed by atoms with Crippen LogP contribution in [0, 0.1) is 5.92 Å². The molecule has 0 aliphatic rings. The molecule has 20 heavy (non-hydrogen) atoms. The number of carboxylic acids is 1. The van der Waals surface area contributed by atoms with Gasteiger partial charge in [0.15, 0.2) is 0 Å². The maximum Gasteiger partial charge on any atom is 0.407 e. The first-order valence-electron chi connectivity index (χ1n) is 6.40. The van der Waals surface area contributed by atoms with Crippen LogP contribution in [-0.4, -0.2) is 33.7 Å². The lowest BCUT2D eigenvalue weighted by molar-refractivity contribution is -0.142. The van der Waals surface area contributed by atoms with E-state index in [1.807, 2.05) is 30.3 Å². The van der Waals surface area contributed by atoms with E-state index in [2.05, 4.69) is 6.58 Å². The molecule has 0 saturated heterocycles. The summed E-state index contributed by atoms with van der Waals surface area (Å²) in [6, 6.07) is 9.22. The van der Waals surface area contributed by atoms with Gasteiger partial charge < -0.3 is 15.1 Å². The molecule has 1 unspecified atom stereocenters. The van der Waals surface area contributed by atoms with Gasteiger partial charge in [-0.05, 0) is 18.4 Å². The third kappa shape index (κ3) is 5.14. The Bertz CT molecular complexity index is 458. The fourth-order valence-corrected chi connectivity index (χ4v) is 1.90. The van der Waals surface area contributed by atoms with Crippen LogP contribution in [0.2, 0.25) is 0 Å². The Morgan fingerprint density at radius 2 is 1.90 bits per heavy atom. The molecule has 0 saturated carbocycles. The maximum atomic E-state index is 11.2.